The van der Waals surface area contributed by atoms with E-state index >= 15 is 0 Å². The van der Waals surface area contributed by atoms with Crippen LogP contribution in [0.3, 0.4) is 0 Å². The first kappa shape index (κ1) is 22.0. The number of likely N-dealkylation sites (N-methyl/N-ethyl adjacent to an activating group) is 1. The largest absolute Gasteiger partial charge is 0.492 e. The van der Waals surface area contributed by atoms with E-state index in [4.69, 9.17) is 4.74 Å². The van der Waals surface area contributed by atoms with Crippen molar-refractivity contribution in [1.29, 1.82) is 0 Å². The summed E-state index contributed by atoms with van der Waals surface area (Å²) in [6.45, 7) is 9.29. The van der Waals surface area contributed by atoms with Crippen molar-refractivity contribution in [3.05, 3.63) is 29.8 Å². The number of halogens is 1. The molecule has 0 spiro atoms. The summed E-state index contributed by atoms with van der Waals surface area (Å²) in [5.41, 5.74) is 1.10. The monoisotopic (exact) mass is 434 g/mol. The second-order valence-electron chi connectivity index (χ2n) is 5.75. The van der Waals surface area contributed by atoms with Crippen LogP contribution in [0.5, 0.6) is 5.75 Å². The summed E-state index contributed by atoms with van der Waals surface area (Å²) < 4.78 is 5.87. The summed E-state index contributed by atoms with van der Waals surface area (Å²) >= 11 is 0. The number of guanidine groups is 1. The van der Waals surface area contributed by atoms with Crippen LogP contribution < -0.4 is 15.4 Å². The molecule has 23 heavy (non-hydrogen) atoms. The van der Waals surface area contributed by atoms with Crippen LogP contribution in [0.4, 0.5) is 0 Å². The molecule has 0 fully saturated rings. The number of rotatable bonds is 8. The van der Waals surface area contributed by atoms with E-state index < -0.39 is 0 Å². The van der Waals surface area contributed by atoms with Gasteiger partial charge in [0.05, 0.1) is 6.54 Å². The van der Waals surface area contributed by atoms with Gasteiger partial charge in [0.2, 0.25) is 0 Å². The van der Waals surface area contributed by atoms with Gasteiger partial charge in [0.15, 0.2) is 5.96 Å². The second-order valence-corrected chi connectivity index (χ2v) is 5.75. The molecule has 0 saturated carbocycles. The minimum absolute atomic E-state index is 0. The predicted molar refractivity (Wildman–Crippen MR) is 109 cm³/mol. The molecule has 0 aliphatic rings. The molecule has 0 aromatic heterocycles. The Balaban J connectivity index is 0.00000484. The number of nitrogens with zero attached hydrogens (tertiary/aromatic N) is 2. The topological polar surface area (TPSA) is 48.9 Å². The molecule has 0 aliphatic heterocycles. The van der Waals surface area contributed by atoms with Crippen LogP contribution in [-0.4, -0.2) is 50.7 Å². The molecule has 0 unspecified atom stereocenters. The molecule has 5 nitrogen and oxygen atoms in total. The second kappa shape index (κ2) is 12.4. The lowest BCUT2D eigenvalue weighted by atomic mass is 10.2. The van der Waals surface area contributed by atoms with Crippen molar-refractivity contribution in [1.82, 2.24) is 15.5 Å². The van der Waals surface area contributed by atoms with Crippen molar-refractivity contribution >= 4 is 29.9 Å². The van der Waals surface area contributed by atoms with Crippen molar-refractivity contribution in [2.24, 2.45) is 4.99 Å². The van der Waals surface area contributed by atoms with Gasteiger partial charge in [-0.25, -0.2) is 4.99 Å². The summed E-state index contributed by atoms with van der Waals surface area (Å²) in [6, 6.07) is 8.43. The molecular formula is C17H31IN4O. The third-order valence-electron chi connectivity index (χ3n) is 2.95. The molecular weight excluding hydrogens is 403 g/mol. The lowest BCUT2D eigenvalue weighted by molar-refractivity contribution is 0.259. The minimum atomic E-state index is 0. The molecule has 0 bridgehead atoms. The number of benzene rings is 1. The highest BCUT2D eigenvalue weighted by atomic mass is 127. The van der Waals surface area contributed by atoms with Crippen LogP contribution >= 0.6 is 24.0 Å². The van der Waals surface area contributed by atoms with Crippen LogP contribution in [-0.2, 0) is 6.54 Å². The van der Waals surface area contributed by atoms with Gasteiger partial charge in [-0.1, -0.05) is 18.2 Å². The summed E-state index contributed by atoms with van der Waals surface area (Å²) in [7, 11) is 4.08. The number of hydrogen-bond acceptors (Lipinski definition) is 3. The molecule has 0 radical (unpaired) electrons. The van der Waals surface area contributed by atoms with Gasteiger partial charge in [-0.3, -0.25) is 0 Å². The molecule has 6 heteroatoms. The van der Waals surface area contributed by atoms with Gasteiger partial charge in [-0.2, -0.15) is 0 Å². The van der Waals surface area contributed by atoms with Crippen molar-refractivity contribution in [2.45, 2.75) is 33.4 Å². The SMILES string of the molecule is CCNC(=NCc1ccccc1OCCN(C)C)NC(C)C.I. The standard InChI is InChI=1S/C17H30N4O.HI/c1-6-18-17(20-14(2)3)19-13-15-9-7-8-10-16(15)22-12-11-21(4)5;/h7-10,14H,6,11-13H2,1-5H3,(H2,18,19,20);1H. The Morgan fingerprint density at radius 3 is 2.57 bits per heavy atom. The first-order chi connectivity index (χ1) is 10.5. The van der Waals surface area contributed by atoms with Gasteiger partial charge in [-0.15, -0.1) is 24.0 Å². The Hall–Kier alpha value is -1.02. The molecule has 0 amide bonds. The van der Waals surface area contributed by atoms with Crippen LogP contribution in [0, 0.1) is 0 Å². The average molecular weight is 434 g/mol. The fraction of sp³-hybridized carbons (Fsp3) is 0.588. The Kier molecular flexibility index (Phi) is 11.9. The molecule has 1 aromatic rings. The van der Waals surface area contributed by atoms with Crippen molar-refractivity contribution in [3.8, 4) is 5.75 Å². The zero-order chi connectivity index (χ0) is 16.4. The maximum absolute atomic E-state index is 5.87. The highest BCUT2D eigenvalue weighted by Gasteiger charge is 2.04. The van der Waals surface area contributed by atoms with Gasteiger partial charge in [0, 0.05) is 24.7 Å². The van der Waals surface area contributed by atoms with E-state index in [1.54, 1.807) is 0 Å². The maximum atomic E-state index is 5.87. The molecule has 0 aliphatic carbocycles. The summed E-state index contributed by atoms with van der Waals surface area (Å²) in [5.74, 6) is 1.74. The van der Waals surface area contributed by atoms with Gasteiger partial charge < -0.3 is 20.3 Å². The highest BCUT2D eigenvalue weighted by Crippen LogP contribution is 2.18. The fourth-order valence-electron chi connectivity index (χ4n) is 1.87. The van der Waals surface area contributed by atoms with Crippen molar-refractivity contribution in [2.75, 3.05) is 33.8 Å². The fourth-order valence-corrected chi connectivity index (χ4v) is 1.87. The van der Waals surface area contributed by atoms with Gasteiger partial charge in [0.1, 0.15) is 12.4 Å². The number of ether oxygens (including phenoxy) is 1. The summed E-state index contributed by atoms with van der Waals surface area (Å²) in [6.07, 6.45) is 0. The Labute approximate surface area is 157 Å². The van der Waals surface area contributed by atoms with Crippen molar-refractivity contribution in [3.63, 3.8) is 0 Å². The molecule has 1 aromatic carbocycles. The quantitative estimate of drug-likeness (QED) is 0.375. The van der Waals surface area contributed by atoms with E-state index in [1.807, 2.05) is 32.3 Å². The normalized spacial score (nSPS) is 11.3. The molecule has 0 heterocycles. The first-order valence-corrected chi connectivity index (χ1v) is 7.93. The first-order valence-electron chi connectivity index (χ1n) is 7.93. The van der Waals surface area contributed by atoms with Gasteiger partial charge in [-0.05, 0) is 40.9 Å². The Morgan fingerprint density at radius 2 is 1.96 bits per heavy atom. The number of hydrogen-bond donors (Lipinski definition) is 2. The van der Waals surface area contributed by atoms with Crippen LogP contribution in [0.25, 0.3) is 0 Å². The number of para-hydroxylation sites is 1. The average Bonchev–Trinajstić information content (AvgIpc) is 2.45. The number of aliphatic imine (C=N–C) groups is 1. The van der Waals surface area contributed by atoms with E-state index in [2.05, 4.69) is 47.4 Å². The third-order valence-corrected chi connectivity index (χ3v) is 2.95. The Bertz CT molecular complexity index is 464. The lowest BCUT2D eigenvalue weighted by Crippen LogP contribution is -2.41. The van der Waals surface area contributed by atoms with E-state index in [0.29, 0.717) is 19.2 Å². The van der Waals surface area contributed by atoms with E-state index in [0.717, 1.165) is 30.4 Å². The number of nitrogens with one attached hydrogen (secondary N) is 2. The minimum Gasteiger partial charge on any atom is -0.492 e. The molecule has 2 N–H and O–H groups in total. The summed E-state index contributed by atoms with van der Waals surface area (Å²) in [4.78, 5) is 6.74. The zero-order valence-corrected chi connectivity index (χ0v) is 17.3. The molecule has 0 saturated heterocycles. The van der Waals surface area contributed by atoms with Gasteiger partial charge in [0.25, 0.3) is 0 Å². The zero-order valence-electron chi connectivity index (χ0n) is 14.9. The van der Waals surface area contributed by atoms with E-state index in [-0.39, 0.29) is 24.0 Å². The maximum Gasteiger partial charge on any atom is 0.191 e. The van der Waals surface area contributed by atoms with E-state index in [9.17, 15) is 0 Å². The third kappa shape index (κ3) is 9.65. The summed E-state index contributed by atoms with van der Waals surface area (Å²) in [5, 5.41) is 6.57. The van der Waals surface area contributed by atoms with Crippen LogP contribution in [0.15, 0.2) is 29.3 Å². The van der Waals surface area contributed by atoms with Crippen molar-refractivity contribution < 1.29 is 4.74 Å². The molecule has 1 rings (SSSR count). The highest BCUT2D eigenvalue weighted by molar-refractivity contribution is 14.0. The molecule has 0 atom stereocenters. The Morgan fingerprint density at radius 1 is 1.26 bits per heavy atom. The van der Waals surface area contributed by atoms with Gasteiger partial charge >= 0.3 is 0 Å². The lowest BCUT2D eigenvalue weighted by Gasteiger charge is -2.15. The molecule has 132 valence electrons. The van der Waals surface area contributed by atoms with Crippen LogP contribution in [0.1, 0.15) is 26.3 Å². The van der Waals surface area contributed by atoms with Crippen LogP contribution in [0.2, 0.25) is 0 Å². The predicted octanol–water partition coefficient (Wildman–Crippen LogP) is 2.71. The van der Waals surface area contributed by atoms with E-state index in [1.165, 1.54) is 0 Å². The smallest absolute Gasteiger partial charge is 0.191 e.